The molecule has 1 amide bonds. The predicted octanol–water partition coefficient (Wildman–Crippen LogP) is 7.25. The third-order valence-corrected chi connectivity index (χ3v) is 11.5. The van der Waals surface area contributed by atoms with Crippen LogP contribution < -0.4 is 19.5 Å². The molecule has 2 N–H and O–H groups in total. The molecule has 2 aliphatic rings. The molecule has 11 nitrogen and oxygen atoms in total. The number of carbonyl (C=O) groups excluding carboxylic acids is 1. The second-order valence-electron chi connectivity index (χ2n) is 13.8. The van der Waals surface area contributed by atoms with Crippen molar-refractivity contribution in [1.82, 2.24) is 19.4 Å². The molecule has 1 unspecified atom stereocenters. The molecular formula is C40H45Cl2N5O6. The number of aliphatic hydroxyl groups is 1. The lowest BCUT2D eigenvalue weighted by molar-refractivity contribution is 0.0779. The molecule has 1 atom stereocenters. The first-order chi connectivity index (χ1) is 25.7. The molecule has 7 rings (SSSR count). The highest BCUT2D eigenvalue weighted by Crippen LogP contribution is 2.43. The summed E-state index contributed by atoms with van der Waals surface area (Å²) in [7, 11) is 4.63. The van der Waals surface area contributed by atoms with E-state index >= 15 is 0 Å². The molecule has 280 valence electrons. The van der Waals surface area contributed by atoms with Gasteiger partial charge in [-0.25, -0.2) is 4.98 Å². The van der Waals surface area contributed by atoms with E-state index in [1.165, 1.54) is 0 Å². The standard InChI is InChI=1S/C40H45Cl2N5O6/c1-50-35-20-26(21-36(51-2)37(35)52-3)38(49)46-19-15-40(25-46,27-8-11-31(41)32(42)22-27)14-18-45-16-12-28(13-17-45)43-39-44-33-6-4-5-7-34(33)47(39)23-29-9-10-30(24-48)53-29/h4-11,20-22,28,48H,12-19,23-25H2,1-3H3,(H,43,44). The minimum absolute atomic E-state index is 0.0926. The van der Waals surface area contributed by atoms with E-state index in [9.17, 15) is 9.90 Å². The minimum atomic E-state index is -0.299. The minimum Gasteiger partial charge on any atom is -0.493 e. The predicted molar refractivity (Wildman–Crippen MR) is 206 cm³/mol. The van der Waals surface area contributed by atoms with Gasteiger partial charge in [0.25, 0.3) is 5.91 Å². The molecule has 0 saturated carbocycles. The normalized spacial score (nSPS) is 18.1. The number of rotatable bonds is 13. The lowest BCUT2D eigenvalue weighted by atomic mass is 9.76. The lowest BCUT2D eigenvalue weighted by Crippen LogP contribution is -2.42. The van der Waals surface area contributed by atoms with E-state index in [4.69, 9.17) is 46.8 Å². The second-order valence-corrected chi connectivity index (χ2v) is 14.7. The summed E-state index contributed by atoms with van der Waals surface area (Å²) >= 11 is 12.9. The summed E-state index contributed by atoms with van der Waals surface area (Å²) in [6.07, 6.45) is 3.58. The average molecular weight is 763 g/mol. The molecule has 2 saturated heterocycles. The molecule has 2 aromatic heterocycles. The van der Waals surface area contributed by atoms with E-state index in [0.29, 0.717) is 58.3 Å². The van der Waals surface area contributed by atoms with Gasteiger partial charge in [0.15, 0.2) is 11.5 Å². The van der Waals surface area contributed by atoms with Gasteiger partial charge in [-0.15, -0.1) is 0 Å². The van der Waals surface area contributed by atoms with Gasteiger partial charge < -0.3 is 43.4 Å². The van der Waals surface area contributed by atoms with Gasteiger partial charge in [-0.3, -0.25) is 4.79 Å². The Morgan fingerprint density at radius 1 is 0.943 bits per heavy atom. The van der Waals surface area contributed by atoms with Crippen molar-refractivity contribution >= 4 is 46.1 Å². The summed E-state index contributed by atoms with van der Waals surface area (Å²) in [6, 6.07) is 21.4. The van der Waals surface area contributed by atoms with Crippen molar-refractivity contribution in [2.24, 2.45) is 0 Å². The number of furan rings is 1. The topological polar surface area (TPSA) is 114 Å². The van der Waals surface area contributed by atoms with E-state index in [0.717, 1.165) is 73.6 Å². The van der Waals surface area contributed by atoms with Gasteiger partial charge in [-0.1, -0.05) is 41.4 Å². The fraction of sp³-hybridized carbons (Fsp3) is 0.400. The number of hydrogen-bond acceptors (Lipinski definition) is 9. The number of para-hydroxylation sites is 2. The van der Waals surface area contributed by atoms with Gasteiger partial charge >= 0.3 is 0 Å². The fourth-order valence-corrected chi connectivity index (χ4v) is 8.09. The third-order valence-electron chi connectivity index (χ3n) is 10.8. The molecule has 0 radical (unpaired) electrons. The number of imidazole rings is 1. The number of aromatic nitrogens is 2. The summed E-state index contributed by atoms with van der Waals surface area (Å²) in [5.74, 6) is 3.35. The molecular weight excluding hydrogens is 717 g/mol. The quantitative estimate of drug-likeness (QED) is 0.128. The van der Waals surface area contributed by atoms with E-state index < -0.39 is 0 Å². The number of fused-ring (bicyclic) bond motifs is 1. The summed E-state index contributed by atoms with van der Waals surface area (Å²) in [5.41, 5.74) is 3.21. The van der Waals surface area contributed by atoms with Gasteiger partial charge in [0.1, 0.15) is 18.1 Å². The molecule has 3 aromatic carbocycles. The maximum atomic E-state index is 14.0. The summed E-state index contributed by atoms with van der Waals surface area (Å²) in [6.45, 7) is 4.27. The highest BCUT2D eigenvalue weighted by molar-refractivity contribution is 6.42. The first-order valence-corrected chi connectivity index (χ1v) is 18.7. The number of amides is 1. The van der Waals surface area contributed by atoms with E-state index in [2.05, 4.69) is 26.9 Å². The van der Waals surface area contributed by atoms with Gasteiger partial charge in [0.2, 0.25) is 11.7 Å². The van der Waals surface area contributed by atoms with Crippen LogP contribution in [0.2, 0.25) is 10.0 Å². The second kappa shape index (κ2) is 15.9. The largest absolute Gasteiger partial charge is 0.493 e. The molecule has 4 heterocycles. The van der Waals surface area contributed by atoms with E-state index in [1.54, 1.807) is 39.5 Å². The molecule has 0 aliphatic carbocycles. The smallest absolute Gasteiger partial charge is 0.254 e. The average Bonchev–Trinajstić information content (AvgIpc) is 3.93. The van der Waals surface area contributed by atoms with Crippen LogP contribution in [0.5, 0.6) is 17.2 Å². The molecule has 5 aromatic rings. The number of carbonyl (C=O) groups is 1. The summed E-state index contributed by atoms with van der Waals surface area (Å²) < 4.78 is 24.5. The summed E-state index contributed by atoms with van der Waals surface area (Å²) in [4.78, 5) is 23.4. The molecule has 0 bridgehead atoms. The number of nitrogens with one attached hydrogen (secondary N) is 1. The third kappa shape index (κ3) is 7.66. The summed E-state index contributed by atoms with van der Waals surface area (Å²) in [5, 5.41) is 14.2. The number of nitrogens with zero attached hydrogens (tertiary/aromatic N) is 4. The molecule has 0 spiro atoms. The van der Waals surface area contributed by atoms with Crippen LogP contribution in [0.15, 0.2) is 71.1 Å². The van der Waals surface area contributed by atoms with Crippen molar-refractivity contribution in [3.63, 3.8) is 0 Å². The Hall–Kier alpha value is -4.42. The van der Waals surface area contributed by atoms with Gasteiger partial charge in [0.05, 0.1) is 49.0 Å². The SMILES string of the molecule is COc1cc(C(=O)N2CCC(CCN3CCC(Nc4nc5ccccc5n4Cc4ccc(CO)o4)CC3)(c3ccc(Cl)c(Cl)c3)C2)cc(OC)c1OC. The van der Waals surface area contributed by atoms with Crippen LogP contribution in [-0.2, 0) is 18.6 Å². The Morgan fingerprint density at radius 3 is 2.36 bits per heavy atom. The first kappa shape index (κ1) is 36.9. The number of methoxy groups -OCH3 is 3. The monoisotopic (exact) mass is 761 g/mol. The van der Waals surface area contributed by atoms with Crippen molar-refractivity contribution in [1.29, 1.82) is 0 Å². The Morgan fingerprint density at radius 2 is 1.68 bits per heavy atom. The Kier molecular flexibility index (Phi) is 11.1. The number of likely N-dealkylation sites (tertiary alicyclic amines) is 2. The van der Waals surface area contributed by atoms with Crippen molar-refractivity contribution in [3.8, 4) is 17.2 Å². The Balaban J connectivity index is 1.04. The van der Waals surface area contributed by atoms with E-state index in [-0.39, 0.29) is 24.0 Å². The number of ether oxygens (including phenoxy) is 3. The van der Waals surface area contributed by atoms with Crippen LogP contribution in [-0.4, -0.2) is 90.5 Å². The zero-order valence-electron chi connectivity index (χ0n) is 30.2. The Labute approximate surface area is 319 Å². The number of benzene rings is 3. The van der Waals surface area contributed by atoms with Crippen molar-refractivity contribution < 1.29 is 28.5 Å². The zero-order chi connectivity index (χ0) is 37.1. The Bertz CT molecular complexity index is 2050. The number of hydrogen-bond donors (Lipinski definition) is 2. The molecule has 53 heavy (non-hydrogen) atoms. The van der Waals surface area contributed by atoms with Gasteiger partial charge in [0, 0.05) is 43.2 Å². The van der Waals surface area contributed by atoms with Crippen molar-refractivity contribution in [3.05, 3.63) is 99.4 Å². The molecule has 2 fully saturated rings. The van der Waals surface area contributed by atoms with Crippen LogP contribution in [0.1, 0.15) is 53.1 Å². The maximum Gasteiger partial charge on any atom is 0.254 e. The van der Waals surface area contributed by atoms with Crippen LogP contribution >= 0.6 is 23.2 Å². The molecule has 13 heteroatoms. The van der Waals surface area contributed by atoms with Gasteiger partial charge in [-0.05, 0) is 86.3 Å². The first-order valence-electron chi connectivity index (χ1n) is 17.9. The number of piperidine rings is 1. The van der Waals surface area contributed by atoms with Crippen LogP contribution in [0.25, 0.3) is 11.0 Å². The number of aliphatic hydroxyl groups excluding tert-OH is 1. The number of anilines is 1. The zero-order valence-corrected chi connectivity index (χ0v) is 31.8. The highest BCUT2D eigenvalue weighted by atomic mass is 35.5. The van der Waals surface area contributed by atoms with Gasteiger partial charge in [-0.2, -0.15) is 0 Å². The van der Waals surface area contributed by atoms with E-state index in [1.807, 2.05) is 41.3 Å². The lowest BCUT2D eigenvalue weighted by Gasteiger charge is -2.36. The molecule has 2 aliphatic heterocycles. The van der Waals surface area contributed by atoms with Crippen molar-refractivity contribution in [2.75, 3.05) is 59.4 Å². The maximum absolute atomic E-state index is 14.0. The van der Waals surface area contributed by atoms with Crippen molar-refractivity contribution in [2.45, 2.75) is 50.3 Å². The number of halogens is 2. The van der Waals surface area contributed by atoms with Crippen LogP contribution in [0.4, 0.5) is 5.95 Å². The van der Waals surface area contributed by atoms with Crippen LogP contribution in [0, 0.1) is 0 Å². The fourth-order valence-electron chi connectivity index (χ4n) is 7.79. The highest BCUT2D eigenvalue weighted by Gasteiger charge is 2.42. The van der Waals surface area contributed by atoms with Crippen LogP contribution in [0.3, 0.4) is 0 Å².